The third-order valence-corrected chi connectivity index (χ3v) is 5.92. The minimum atomic E-state index is -3.61. The van der Waals surface area contributed by atoms with E-state index in [1.165, 1.54) is 4.31 Å². The minimum Gasteiger partial charge on any atom is -0.369 e. The fourth-order valence-corrected chi connectivity index (χ4v) is 4.55. The first-order chi connectivity index (χ1) is 10.9. The Balaban J connectivity index is 1.61. The standard InChI is InChI=1S/C15H18N4O3S/c16-23(21,22)19-6-5-15(10-19)8-18(9-15)13-7-14(20)17-12-4-2-1-3-11(12)13/h1-4,7H,5-6,8-10H2,(H,17,20)(H2,16,21,22). The molecule has 3 N–H and O–H groups in total. The van der Waals surface area contributed by atoms with Gasteiger partial charge < -0.3 is 9.88 Å². The Kier molecular flexibility index (Phi) is 3.06. The lowest BCUT2D eigenvalue weighted by atomic mass is 9.78. The average molecular weight is 334 g/mol. The maximum Gasteiger partial charge on any atom is 0.276 e. The first-order valence-corrected chi connectivity index (χ1v) is 9.02. The van der Waals surface area contributed by atoms with Crippen molar-refractivity contribution in [2.24, 2.45) is 10.6 Å². The summed E-state index contributed by atoms with van der Waals surface area (Å²) >= 11 is 0. The molecule has 4 rings (SSSR count). The molecule has 0 radical (unpaired) electrons. The third kappa shape index (κ3) is 2.43. The summed E-state index contributed by atoms with van der Waals surface area (Å²) in [5.41, 5.74) is 1.55. The molecular formula is C15H18N4O3S. The van der Waals surface area contributed by atoms with Gasteiger partial charge in [0.1, 0.15) is 0 Å². The lowest BCUT2D eigenvalue weighted by Crippen LogP contribution is -2.58. The van der Waals surface area contributed by atoms with E-state index in [-0.39, 0.29) is 11.0 Å². The van der Waals surface area contributed by atoms with E-state index in [9.17, 15) is 13.2 Å². The molecule has 8 heteroatoms. The summed E-state index contributed by atoms with van der Waals surface area (Å²) < 4.78 is 24.3. The largest absolute Gasteiger partial charge is 0.369 e. The number of benzene rings is 1. The van der Waals surface area contributed by atoms with Gasteiger partial charge in [-0.1, -0.05) is 18.2 Å². The van der Waals surface area contributed by atoms with Crippen LogP contribution in [0.1, 0.15) is 6.42 Å². The molecule has 7 nitrogen and oxygen atoms in total. The van der Waals surface area contributed by atoms with Crippen LogP contribution in [0.2, 0.25) is 0 Å². The second-order valence-corrected chi connectivity index (χ2v) is 8.10. The van der Waals surface area contributed by atoms with Crippen LogP contribution in [-0.2, 0) is 10.2 Å². The molecule has 2 saturated heterocycles. The predicted molar refractivity (Wildman–Crippen MR) is 88.5 cm³/mol. The van der Waals surface area contributed by atoms with E-state index in [2.05, 4.69) is 9.88 Å². The molecule has 0 bridgehead atoms. The van der Waals surface area contributed by atoms with Crippen LogP contribution in [0.15, 0.2) is 35.1 Å². The number of anilines is 1. The molecule has 0 saturated carbocycles. The van der Waals surface area contributed by atoms with E-state index < -0.39 is 10.2 Å². The van der Waals surface area contributed by atoms with Gasteiger partial charge in [-0.2, -0.15) is 12.7 Å². The van der Waals surface area contributed by atoms with Gasteiger partial charge in [-0.15, -0.1) is 0 Å². The number of H-pyrrole nitrogens is 1. The number of pyridine rings is 1. The van der Waals surface area contributed by atoms with Gasteiger partial charge in [0.05, 0.1) is 11.2 Å². The van der Waals surface area contributed by atoms with Gasteiger partial charge in [0.15, 0.2) is 0 Å². The van der Waals surface area contributed by atoms with E-state index >= 15 is 0 Å². The summed E-state index contributed by atoms with van der Waals surface area (Å²) in [5.74, 6) is 0. The molecule has 1 spiro atoms. The monoisotopic (exact) mass is 334 g/mol. The number of aromatic amines is 1. The summed E-state index contributed by atoms with van der Waals surface area (Å²) in [6.45, 7) is 2.42. The van der Waals surface area contributed by atoms with Gasteiger partial charge in [-0.25, -0.2) is 5.14 Å². The summed E-state index contributed by atoms with van der Waals surface area (Å²) in [4.78, 5) is 16.8. The number of hydrogen-bond donors (Lipinski definition) is 2. The number of nitrogens with two attached hydrogens (primary N) is 1. The number of nitrogens with one attached hydrogen (secondary N) is 1. The summed E-state index contributed by atoms with van der Waals surface area (Å²) in [6, 6.07) is 9.31. The van der Waals surface area contributed by atoms with Crippen LogP contribution in [0.3, 0.4) is 0 Å². The Hall–Kier alpha value is -1.90. The second-order valence-electron chi connectivity index (χ2n) is 6.55. The molecule has 2 aromatic rings. The zero-order valence-corrected chi connectivity index (χ0v) is 13.3. The highest BCUT2D eigenvalue weighted by atomic mass is 32.2. The Morgan fingerprint density at radius 2 is 1.91 bits per heavy atom. The number of para-hydroxylation sites is 1. The summed E-state index contributed by atoms with van der Waals surface area (Å²) in [6.07, 6.45) is 0.807. The average Bonchev–Trinajstić information content (AvgIpc) is 2.90. The molecule has 2 aliphatic heterocycles. The normalized spacial score (nSPS) is 21.0. The van der Waals surface area contributed by atoms with Crippen molar-refractivity contribution < 1.29 is 8.42 Å². The van der Waals surface area contributed by atoms with Gasteiger partial charge in [0, 0.05) is 43.0 Å². The van der Waals surface area contributed by atoms with Gasteiger partial charge in [-0.3, -0.25) is 4.79 Å². The van der Waals surface area contributed by atoms with Crippen molar-refractivity contribution in [1.29, 1.82) is 0 Å². The maximum absolute atomic E-state index is 11.9. The Morgan fingerprint density at radius 3 is 2.61 bits per heavy atom. The minimum absolute atomic E-state index is 0.0455. The molecule has 2 fully saturated rings. The van der Waals surface area contributed by atoms with Gasteiger partial charge in [0.25, 0.3) is 10.2 Å². The fraction of sp³-hybridized carbons (Fsp3) is 0.400. The van der Waals surface area contributed by atoms with Crippen molar-refractivity contribution >= 4 is 26.8 Å². The van der Waals surface area contributed by atoms with Crippen molar-refractivity contribution in [3.05, 3.63) is 40.7 Å². The van der Waals surface area contributed by atoms with Gasteiger partial charge >= 0.3 is 0 Å². The Bertz CT molecular complexity index is 931. The molecular weight excluding hydrogens is 316 g/mol. The number of hydrogen-bond acceptors (Lipinski definition) is 4. The number of aromatic nitrogens is 1. The zero-order valence-electron chi connectivity index (χ0n) is 12.5. The molecule has 0 atom stereocenters. The predicted octanol–water partition coefficient (Wildman–Crippen LogP) is 0.244. The molecule has 2 aliphatic rings. The first-order valence-electron chi connectivity index (χ1n) is 7.51. The number of fused-ring (bicyclic) bond motifs is 1. The van der Waals surface area contributed by atoms with Gasteiger partial charge in [0.2, 0.25) is 5.56 Å². The topological polar surface area (TPSA) is 99.5 Å². The van der Waals surface area contributed by atoms with Crippen molar-refractivity contribution in [2.75, 3.05) is 31.1 Å². The molecule has 3 heterocycles. The Labute approximate surface area is 133 Å². The lowest BCUT2D eigenvalue weighted by Gasteiger charge is -2.49. The van der Waals surface area contributed by atoms with Gasteiger partial charge in [-0.05, 0) is 12.5 Å². The van der Waals surface area contributed by atoms with E-state index in [4.69, 9.17) is 5.14 Å². The van der Waals surface area contributed by atoms with E-state index in [1.54, 1.807) is 6.07 Å². The fourth-order valence-electron chi connectivity index (χ4n) is 3.75. The van der Waals surface area contributed by atoms with Crippen LogP contribution >= 0.6 is 0 Å². The van der Waals surface area contributed by atoms with Crippen LogP contribution in [0.25, 0.3) is 10.9 Å². The van der Waals surface area contributed by atoms with Crippen LogP contribution in [0.4, 0.5) is 5.69 Å². The number of nitrogens with zero attached hydrogens (tertiary/aromatic N) is 2. The molecule has 1 aromatic carbocycles. The highest BCUT2D eigenvalue weighted by Crippen LogP contribution is 2.43. The van der Waals surface area contributed by atoms with Crippen LogP contribution in [0, 0.1) is 5.41 Å². The van der Waals surface area contributed by atoms with Crippen molar-refractivity contribution in [1.82, 2.24) is 9.29 Å². The van der Waals surface area contributed by atoms with Crippen LogP contribution < -0.4 is 15.6 Å². The molecule has 0 aliphatic carbocycles. The highest BCUT2D eigenvalue weighted by molar-refractivity contribution is 7.86. The lowest BCUT2D eigenvalue weighted by molar-refractivity contribution is 0.231. The highest BCUT2D eigenvalue weighted by Gasteiger charge is 2.50. The van der Waals surface area contributed by atoms with Crippen LogP contribution in [-0.4, -0.2) is 43.9 Å². The molecule has 122 valence electrons. The maximum atomic E-state index is 11.9. The van der Waals surface area contributed by atoms with Crippen molar-refractivity contribution in [3.63, 3.8) is 0 Å². The smallest absolute Gasteiger partial charge is 0.276 e. The number of rotatable bonds is 2. The van der Waals surface area contributed by atoms with Crippen molar-refractivity contribution in [3.8, 4) is 0 Å². The molecule has 0 amide bonds. The van der Waals surface area contributed by atoms with E-state index in [0.29, 0.717) is 13.1 Å². The molecule has 0 unspecified atom stereocenters. The van der Waals surface area contributed by atoms with E-state index in [1.807, 2.05) is 24.3 Å². The molecule has 23 heavy (non-hydrogen) atoms. The van der Waals surface area contributed by atoms with E-state index in [0.717, 1.165) is 36.1 Å². The SMILES string of the molecule is NS(=O)(=O)N1CCC2(CN(c3cc(=O)[nH]c4ccccc34)C2)C1. The first kappa shape index (κ1) is 14.7. The summed E-state index contributed by atoms with van der Waals surface area (Å²) in [5, 5.41) is 6.22. The molecule has 1 aromatic heterocycles. The second kappa shape index (κ2) is 4.80. The van der Waals surface area contributed by atoms with Crippen molar-refractivity contribution in [2.45, 2.75) is 6.42 Å². The Morgan fingerprint density at radius 1 is 1.17 bits per heavy atom. The quantitative estimate of drug-likeness (QED) is 0.822. The zero-order chi connectivity index (χ0) is 16.2. The summed E-state index contributed by atoms with van der Waals surface area (Å²) in [7, 11) is -3.61. The third-order valence-electron chi connectivity index (χ3n) is 4.89. The van der Waals surface area contributed by atoms with Crippen LogP contribution in [0.5, 0.6) is 0 Å².